The van der Waals surface area contributed by atoms with Gasteiger partial charge in [0.05, 0.1) is 17.6 Å². The molecule has 3 aromatic rings. The van der Waals surface area contributed by atoms with E-state index in [1.54, 1.807) is 13.1 Å². The number of aromatic nitrogens is 4. The SMILES string of the molecule is Cc1nnsc1C(=O)Nc1ncc(-c2ccccc2)n1C. The maximum atomic E-state index is 12.2. The van der Waals surface area contributed by atoms with Gasteiger partial charge in [-0.3, -0.25) is 10.1 Å². The standard InChI is InChI=1S/C14H13N5OS/c1-9-12(21-18-17-9)13(20)16-14-15-8-11(19(14)2)10-6-4-3-5-7-10/h3-8H,1-2H3,(H,15,16,20). The Labute approximate surface area is 125 Å². The van der Waals surface area contributed by atoms with Crippen molar-refractivity contribution in [2.24, 2.45) is 7.05 Å². The normalized spacial score (nSPS) is 10.6. The molecule has 3 rings (SSSR count). The molecule has 1 amide bonds. The summed E-state index contributed by atoms with van der Waals surface area (Å²) in [7, 11) is 1.86. The average Bonchev–Trinajstić information content (AvgIpc) is 3.07. The molecule has 1 N–H and O–H groups in total. The Balaban J connectivity index is 1.87. The summed E-state index contributed by atoms with van der Waals surface area (Å²) in [6, 6.07) is 9.89. The number of benzene rings is 1. The molecule has 0 atom stereocenters. The zero-order valence-electron chi connectivity index (χ0n) is 11.6. The highest BCUT2D eigenvalue weighted by molar-refractivity contribution is 7.08. The summed E-state index contributed by atoms with van der Waals surface area (Å²) >= 11 is 1.08. The number of amides is 1. The highest BCUT2D eigenvalue weighted by atomic mass is 32.1. The monoisotopic (exact) mass is 299 g/mol. The molecule has 0 saturated carbocycles. The second-order valence-corrected chi connectivity index (χ2v) is 5.29. The van der Waals surface area contributed by atoms with Gasteiger partial charge >= 0.3 is 0 Å². The number of carbonyl (C=O) groups is 1. The number of nitrogens with zero attached hydrogens (tertiary/aromatic N) is 4. The summed E-state index contributed by atoms with van der Waals surface area (Å²) in [6.45, 7) is 1.76. The first-order valence-corrected chi connectivity index (χ1v) is 7.11. The maximum Gasteiger partial charge on any atom is 0.271 e. The largest absolute Gasteiger partial charge is 0.313 e. The van der Waals surface area contributed by atoms with E-state index in [2.05, 4.69) is 19.9 Å². The van der Waals surface area contributed by atoms with Crippen molar-refractivity contribution >= 4 is 23.4 Å². The van der Waals surface area contributed by atoms with Crippen LogP contribution in [0.1, 0.15) is 15.4 Å². The Morgan fingerprint density at radius 2 is 2.05 bits per heavy atom. The van der Waals surface area contributed by atoms with E-state index in [1.807, 2.05) is 41.9 Å². The van der Waals surface area contributed by atoms with E-state index >= 15 is 0 Å². The molecule has 1 aromatic carbocycles. The van der Waals surface area contributed by atoms with Crippen LogP contribution in [0, 0.1) is 6.92 Å². The Morgan fingerprint density at radius 1 is 1.29 bits per heavy atom. The molecule has 0 radical (unpaired) electrons. The summed E-state index contributed by atoms with van der Waals surface area (Å²) in [4.78, 5) is 16.9. The molecule has 7 heteroatoms. The van der Waals surface area contributed by atoms with Crippen molar-refractivity contribution in [3.63, 3.8) is 0 Å². The van der Waals surface area contributed by atoms with Gasteiger partial charge in [0.25, 0.3) is 5.91 Å². The third-order valence-corrected chi connectivity index (χ3v) is 3.97. The van der Waals surface area contributed by atoms with Crippen LogP contribution in [0.4, 0.5) is 5.95 Å². The van der Waals surface area contributed by atoms with Crippen molar-refractivity contribution in [2.45, 2.75) is 6.92 Å². The number of carbonyl (C=O) groups excluding carboxylic acids is 1. The summed E-state index contributed by atoms with van der Waals surface area (Å²) in [5.41, 5.74) is 2.60. The molecule has 2 aromatic heterocycles. The van der Waals surface area contributed by atoms with E-state index in [4.69, 9.17) is 0 Å². The molecule has 0 aliphatic carbocycles. The van der Waals surface area contributed by atoms with Crippen molar-refractivity contribution in [1.82, 2.24) is 19.1 Å². The average molecular weight is 299 g/mol. The van der Waals surface area contributed by atoms with E-state index in [-0.39, 0.29) is 5.91 Å². The van der Waals surface area contributed by atoms with Gasteiger partial charge in [0.1, 0.15) is 4.88 Å². The van der Waals surface area contributed by atoms with Gasteiger partial charge in [-0.25, -0.2) is 4.98 Å². The molecule has 0 spiro atoms. The fraction of sp³-hybridized carbons (Fsp3) is 0.143. The topological polar surface area (TPSA) is 72.7 Å². The molecule has 2 heterocycles. The lowest BCUT2D eigenvalue weighted by molar-refractivity contribution is 0.102. The molecule has 106 valence electrons. The van der Waals surface area contributed by atoms with E-state index in [1.165, 1.54) is 0 Å². The van der Waals surface area contributed by atoms with Gasteiger partial charge in [0, 0.05) is 7.05 Å². The number of aryl methyl sites for hydroxylation is 1. The van der Waals surface area contributed by atoms with Gasteiger partial charge in [0.2, 0.25) is 5.95 Å². The zero-order valence-corrected chi connectivity index (χ0v) is 12.4. The Hall–Kier alpha value is -2.54. The third-order valence-electron chi connectivity index (χ3n) is 3.14. The van der Waals surface area contributed by atoms with Crippen LogP contribution in [0.2, 0.25) is 0 Å². The van der Waals surface area contributed by atoms with Crippen LogP contribution in [-0.2, 0) is 7.05 Å². The second-order valence-electron chi connectivity index (χ2n) is 4.53. The van der Waals surface area contributed by atoms with Gasteiger partial charge in [-0.05, 0) is 24.0 Å². The van der Waals surface area contributed by atoms with Crippen LogP contribution in [0.3, 0.4) is 0 Å². The van der Waals surface area contributed by atoms with Gasteiger partial charge in [-0.15, -0.1) is 5.10 Å². The molecular weight excluding hydrogens is 286 g/mol. The molecular formula is C14H13N5OS. The van der Waals surface area contributed by atoms with E-state index < -0.39 is 0 Å². The molecule has 0 bridgehead atoms. The Bertz CT molecular complexity index is 778. The number of imidazole rings is 1. The quantitative estimate of drug-likeness (QED) is 0.806. The summed E-state index contributed by atoms with van der Waals surface area (Å²) < 4.78 is 5.61. The van der Waals surface area contributed by atoms with Crippen LogP contribution in [0.25, 0.3) is 11.3 Å². The van der Waals surface area contributed by atoms with E-state index in [0.717, 1.165) is 22.8 Å². The Kier molecular flexibility index (Phi) is 3.49. The number of nitrogens with one attached hydrogen (secondary N) is 1. The van der Waals surface area contributed by atoms with E-state index in [9.17, 15) is 4.79 Å². The third kappa shape index (κ3) is 2.55. The van der Waals surface area contributed by atoms with Crippen LogP contribution in [0.15, 0.2) is 36.5 Å². The lowest BCUT2D eigenvalue weighted by Crippen LogP contribution is -2.15. The van der Waals surface area contributed by atoms with Gasteiger partial charge in [0.15, 0.2) is 0 Å². The minimum absolute atomic E-state index is 0.240. The minimum Gasteiger partial charge on any atom is -0.313 e. The maximum absolute atomic E-state index is 12.2. The molecule has 21 heavy (non-hydrogen) atoms. The van der Waals surface area contributed by atoms with Gasteiger partial charge < -0.3 is 4.57 Å². The first kappa shape index (κ1) is 13.4. The van der Waals surface area contributed by atoms with Gasteiger partial charge in [-0.1, -0.05) is 34.8 Å². The highest BCUT2D eigenvalue weighted by Crippen LogP contribution is 2.22. The lowest BCUT2D eigenvalue weighted by atomic mass is 10.2. The summed E-state index contributed by atoms with van der Waals surface area (Å²) in [5.74, 6) is 0.252. The van der Waals surface area contributed by atoms with Crippen molar-refractivity contribution in [2.75, 3.05) is 5.32 Å². The van der Waals surface area contributed by atoms with Crippen LogP contribution in [-0.4, -0.2) is 25.0 Å². The molecule has 0 fully saturated rings. The number of rotatable bonds is 3. The molecule has 0 aliphatic heterocycles. The zero-order chi connectivity index (χ0) is 14.8. The van der Waals surface area contributed by atoms with Crippen LogP contribution >= 0.6 is 11.5 Å². The lowest BCUT2D eigenvalue weighted by Gasteiger charge is -2.06. The number of hydrogen-bond donors (Lipinski definition) is 1. The number of anilines is 1. The highest BCUT2D eigenvalue weighted by Gasteiger charge is 2.16. The fourth-order valence-electron chi connectivity index (χ4n) is 2.00. The second kappa shape index (κ2) is 5.45. The van der Waals surface area contributed by atoms with Gasteiger partial charge in [-0.2, -0.15) is 0 Å². The van der Waals surface area contributed by atoms with Crippen molar-refractivity contribution in [3.8, 4) is 11.3 Å². The van der Waals surface area contributed by atoms with E-state index in [0.29, 0.717) is 16.5 Å². The minimum atomic E-state index is -0.240. The van der Waals surface area contributed by atoms with Crippen molar-refractivity contribution in [3.05, 3.63) is 47.1 Å². The van der Waals surface area contributed by atoms with Crippen LogP contribution < -0.4 is 5.32 Å². The number of hydrogen-bond acceptors (Lipinski definition) is 5. The molecule has 0 unspecified atom stereocenters. The predicted molar refractivity (Wildman–Crippen MR) is 81.2 cm³/mol. The van der Waals surface area contributed by atoms with Crippen molar-refractivity contribution in [1.29, 1.82) is 0 Å². The first-order chi connectivity index (χ1) is 10.2. The predicted octanol–water partition coefficient (Wildman–Crippen LogP) is 2.50. The van der Waals surface area contributed by atoms with Crippen LogP contribution in [0.5, 0.6) is 0 Å². The smallest absolute Gasteiger partial charge is 0.271 e. The van der Waals surface area contributed by atoms with Crippen molar-refractivity contribution < 1.29 is 4.79 Å². The summed E-state index contributed by atoms with van der Waals surface area (Å²) in [6.07, 6.45) is 1.74. The Morgan fingerprint density at radius 3 is 2.71 bits per heavy atom. The molecule has 0 aliphatic rings. The molecule has 0 saturated heterocycles. The summed E-state index contributed by atoms with van der Waals surface area (Å²) in [5, 5.41) is 6.62. The fourth-order valence-corrected chi connectivity index (χ4v) is 2.55. The molecule has 6 nitrogen and oxygen atoms in total. The first-order valence-electron chi connectivity index (χ1n) is 6.34.